The molecule has 3 heteroatoms. The van der Waals surface area contributed by atoms with Crippen LogP contribution in [0.1, 0.15) is 34.6 Å². The Morgan fingerprint density at radius 2 is 1.15 bits per heavy atom. The Morgan fingerprint density at radius 1 is 0.846 bits per heavy atom. The second kappa shape index (κ2) is 2.94. The lowest BCUT2D eigenvalue weighted by Gasteiger charge is -2.38. The fraction of sp³-hybridized carbons (Fsp3) is 1.00. The molecule has 0 saturated carbocycles. The molecule has 1 heterocycles. The van der Waals surface area contributed by atoms with Crippen LogP contribution in [0.5, 0.6) is 0 Å². The molecule has 1 rings (SSSR count). The Kier molecular flexibility index (Phi) is 2.48. The van der Waals surface area contributed by atoms with Crippen molar-refractivity contribution in [2.75, 3.05) is 13.2 Å². The van der Waals surface area contributed by atoms with Gasteiger partial charge in [-0.3, -0.25) is 0 Å². The highest BCUT2D eigenvalue weighted by Gasteiger charge is 2.44. The molecule has 3 nitrogen and oxygen atoms in total. The molecular formula is C10H20O3. The van der Waals surface area contributed by atoms with Gasteiger partial charge in [0.1, 0.15) is 5.60 Å². The zero-order chi connectivity index (χ0) is 10.3. The maximum absolute atomic E-state index is 9.77. The molecular weight excluding hydrogens is 168 g/mol. The van der Waals surface area contributed by atoms with Crippen molar-refractivity contribution >= 4 is 0 Å². The van der Waals surface area contributed by atoms with E-state index >= 15 is 0 Å². The van der Waals surface area contributed by atoms with Gasteiger partial charge >= 0.3 is 0 Å². The zero-order valence-electron chi connectivity index (χ0n) is 9.18. The van der Waals surface area contributed by atoms with Crippen LogP contribution in [-0.2, 0) is 9.47 Å². The fourth-order valence-corrected chi connectivity index (χ4v) is 1.06. The molecule has 1 saturated heterocycles. The predicted molar refractivity (Wildman–Crippen MR) is 50.7 cm³/mol. The van der Waals surface area contributed by atoms with E-state index in [1.807, 2.05) is 27.7 Å². The molecule has 1 aliphatic rings. The van der Waals surface area contributed by atoms with Crippen LogP contribution < -0.4 is 0 Å². The van der Waals surface area contributed by atoms with Gasteiger partial charge in [-0.15, -0.1) is 0 Å². The van der Waals surface area contributed by atoms with Gasteiger partial charge in [-0.2, -0.15) is 0 Å². The first kappa shape index (κ1) is 11.0. The summed E-state index contributed by atoms with van der Waals surface area (Å²) in [5, 5.41) is 9.77. The third-order valence-electron chi connectivity index (χ3n) is 2.94. The summed E-state index contributed by atoms with van der Waals surface area (Å²) < 4.78 is 11.3. The summed E-state index contributed by atoms with van der Waals surface area (Å²) in [6.45, 7) is 10.3. The van der Waals surface area contributed by atoms with E-state index in [2.05, 4.69) is 0 Å². The molecule has 0 spiro atoms. The van der Waals surface area contributed by atoms with Crippen molar-refractivity contribution in [1.29, 1.82) is 0 Å². The van der Waals surface area contributed by atoms with Gasteiger partial charge in [0.2, 0.25) is 0 Å². The molecule has 0 bridgehead atoms. The Hall–Kier alpha value is -0.120. The lowest BCUT2D eigenvalue weighted by atomic mass is 9.89. The SMILES string of the molecule is CC1(O)COC(C)(C)C(C)(C)OC1. The summed E-state index contributed by atoms with van der Waals surface area (Å²) >= 11 is 0. The highest BCUT2D eigenvalue weighted by atomic mass is 16.6. The Balaban J connectivity index is 2.82. The van der Waals surface area contributed by atoms with Crippen molar-refractivity contribution in [3.05, 3.63) is 0 Å². The number of hydrogen-bond donors (Lipinski definition) is 1. The fourth-order valence-electron chi connectivity index (χ4n) is 1.06. The first-order chi connectivity index (χ1) is 5.66. The lowest BCUT2D eigenvalue weighted by Crippen LogP contribution is -2.48. The number of ether oxygens (including phenoxy) is 2. The summed E-state index contributed by atoms with van der Waals surface area (Å²) in [5.41, 5.74) is -1.61. The minimum Gasteiger partial charge on any atom is -0.385 e. The Labute approximate surface area is 80.0 Å². The Bertz CT molecular complexity index is 174. The first-order valence-corrected chi connectivity index (χ1v) is 4.67. The summed E-state index contributed by atoms with van der Waals surface area (Å²) in [6.07, 6.45) is 0. The topological polar surface area (TPSA) is 38.7 Å². The molecule has 0 radical (unpaired) electrons. The van der Waals surface area contributed by atoms with E-state index in [4.69, 9.17) is 9.47 Å². The van der Waals surface area contributed by atoms with Crippen LogP contribution in [0, 0.1) is 0 Å². The number of rotatable bonds is 0. The second-order valence-corrected chi connectivity index (χ2v) is 5.09. The van der Waals surface area contributed by atoms with Gasteiger partial charge in [0.05, 0.1) is 24.4 Å². The second-order valence-electron chi connectivity index (χ2n) is 5.09. The van der Waals surface area contributed by atoms with Gasteiger partial charge in [-0.05, 0) is 34.6 Å². The van der Waals surface area contributed by atoms with E-state index in [0.29, 0.717) is 13.2 Å². The number of aliphatic hydroxyl groups is 1. The highest BCUT2D eigenvalue weighted by molar-refractivity contribution is 4.93. The van der Waals surface area contributed by atoms with Crippen LogP contribution in [-0.4, -0.2) is 35.1 Å². The molecule has 0 amide bonds. The lowest BCUT2D eigenvalue weighted by molar-refractivity contribution is -0.147. The molecule has 1 fully saturated rings. The summed E-state index contributed by atoms with van der Waals surface area (Å²) in [5.74, 6) is 0. The molecule has 0 aromatic carbocycles. The minimum absolute atomic E-state index is 0.323. The molecule has 0 aliphatic carbocycles. The maximum Gasteiger partial charge on any atom is 0.108 e. The van der Waals surface area contributed by atoms with Crippen LogP contribution >= 0.6 is 0 Å². The van der Waals surface area contributed by atoms with Gasteiger partial charge in [0.15, 0.2) is 0 Å². The third-order valence-corrected chi connectivity index (χ3v) is 2.94. The quantitative estimate of drug-likeness (QED) is 0.623. The van der Waals surface area contributed by atoms with Gasteiger partial charge in [-0.1, -0.05) is 0 Å². The van der Waals surface area contributed by atoms with E-state index in [1.165, 1.54) is 0 Å². The van der Waals surface area contributed by atoms with Gasteiger partial charge in [0.25, 0.3) is 0 Å². The smallest absolute Gasteiger partial charge is 0.108 e. The normalized spacial score (nSPS) is 30.9. The van der Waals surface area contributed by atoms with Crippen LogP contribution in [0.3, 0.4) is 0 Å². The maximum atomic E-state index is 9.77. The number of hydrogen-bond acceptors (Lipinski definition) is 3. The zero-order valence-corrected chi connectivity index (χ0v) is 9.18. The van der Waals surface area contributed by atoms with E-state index in [0.717, 1.165) is 0 Å². The molecule has 0 aromatic rings. The largest absolute Gasteiger partial charge is 0.385 e. The molecule has 1 N–H and O–H groups in total. The van der Waals surface area contributed by atoms with Crippen molar-refractivity contribution in [2.24, 2.45) is 0 Å². The van der Waals surface area contributed by atoms with Crippen molar-refractivity contribution in [1.82, 2.24) is 0 Å². The average molecular weight is 188 g/mol. The molecule has 0 atom stereocenters. The average Bonchev–Trinajstić information content (AvgIpc) is 2.02. The summed E-state index contributed by atoms with van der Waals surface area (Å²) in [7, 11) is 0. The van der Waals surface area contributed by atoms with Crippen molar-refractivity contribution in [3.63, 3.8) is 0 Å². The Morgan fingerprint density at radius 3 is 1.46 bits per heavy atom. The molecule has 78 valence electrons. The van der Waals surface area contributed by atoms with E-state index in [1.54, 1.807) is 6.92 Å². The van der Waals surface area contributed by atoms with Crippen molar-refractivity contribution in [2.45, 2.75) is 51.4 Å². The minimum atomic E-state index is -0.870. The standard InChI is InChI=1S/C10H20O3/c1-8(2)9(3,4)13-7-10(5,11)6-12-8/h11H,6-7H2,1-5H3. The highest BCUT2D eigenvalue weighted by Crippen LogP contribution is 2.33. The van der Waals surface area contributed by atoms with Gasteiger partial charge in [-0.25, -0.2) is 0 Å². The van der Waals surface area contributed by atoms with Crippen LogP contribution in [0.25, 0.3) is 0 Å². The predicted octanol–water partition coefficient (Wildman–Crippen LogP) is 1.34. The third kappa shape index (κ3) is 2.22. The van der Waals surface area contributed by atoms with Gasteiger partial charge < -0.3 is 14.6 Å². The van der Waals surface area contributed by atoms with Crippen LogP contribution in [0.4, 0.5) is 0 Å². The summed E-state index contributed by atoms with van der Waals surface area (Å²) in [4.78, 5) is 0. The van der Waals surface area contributed by atoms with Crippen LogP contribution in [0.15, 0.2) is 0 Å². The molecule has 0 unspecified atom stereocenters. The monoisotopic (exact) mass is 188 g/mol. The summed E-state index contributed by atoms with van der Waals surface area (Å²) in [6, 6.07) is 0. The van der Waals surface area contributed by atoms with Crippen LogP contribution in [0.2, 0.25) is 0 Å². The van der Waals surface area contributed by atoms with E-state index < -0.39 is 5.60 Å². The van der Waals surface area contributed by atoms with Gasteiger partial charge in [0, 0.05) is 0 Å². The molecule has 1 aliphatic heterocycles. The first-order valence-electron chi connectivity index (χ1n) is 4.67. The van der Waals surface area contributed by atoms with Crippen molar-refractivity contribution in [3.8, 4) is 0 Å². The molecule has 0 aromatic heterocycles. The van der Waals surface area contributed by atoms with E-state index in [-0.39, 0.29) is 11.2 Å². The van der Waals surface area contributed by atoms with E-state index in [9.17, 15) is 5.11 Å². The van der Waals surface area contributed by atoms with Crippen molar-refractivity contribution < 1.29 is 14.6 Å². The molecule has 13 heavy (non-hydrogen) atoms.